The molecular formula is C26H25N7S2. The van der Waals surface area contributed by atoms with Gasteiger partial charge in [0.2, 0.25) is 5.95 Å². The van der Waals surface area contributed by atoms with Crippen molar-refractivity contribution in [1.82, 2.24) is 25.3 Å². The van der Waals surface area contributed by atoms with Gasteiger partial charge < -0.3 is 15.5 Å². The molecule has 0 amide bonds. The number of thiocarbonyl (C=S) groups is 1. The van der Waals surface area contributed by atoms with E-state index in [0.29, 0.717) is 16.2 Å². The molecule has 2 aromatic carbocycles. The molecule has 0 saturated carbocycles. The van der Waals surface area contributed by atoms with Gasteiger partial charge in [0.25, 0.3) is 0 Å². The Morgan fingerprint density at radius 2 is 1.63 bits per heavy atom. The van der Waals surface area contributed by atoms with Gasteiger partial charge in [-0.25, -0.2) is 15.0 Å². The fourth-order valence-corrected chi connectivity index (χ4v) is 4.80. The lowest BCUT2D eigenvalue weighted by molar-refractivity contribution is 0.776. The number of fused-ring (bicyclic) bond motifs is 1. The van der Waals surface area contributed by atoms with Gasteiger partial charge in [-0.05, 0) is 59.6 Å². The van der Waals surface area contributed by atoms with Gasteiger partial charge in [0.15, 0.2) is 10.3 Å². The molecule has 0 atom stereocenters. The number of rotatable bonds is 8. The number of nitrogens with one attached hydrogen (secondary N) is 2. The molecular weight excluding hydrogens is 474 g/mol. The quantitative estimate of drug-likeness (QED) is 0.153. The topological polar surface area (TPSA) is 78.9 Å². The van der Waals surface area contributed by atoms with E-state index >= 15 is 0 Å². The summed E-state index contributed by atoms with van der Waals surface area (Å²) < 4.78 is 0. The van der Waals surface area contributed by atoms with Gasteiger partial charge in [0, 0.05) is 38.1 Å². The molecule has 4 aromatic rings. The van der Waals surface area contributed by atoms with Crippen LogP contribution in [0.4, 0.5) is 11.8 Å². The molecule has 1 aliphatic rings. The Balaban J connectivity index is 1.27. The SMILES string of the molecule is S=C(NCCCc1ccccc1)Nc1nc(Sc2ncccn2)cc(N2Cc3ccccc3C2)n1. The van der Waals surface area contributed by atoms with E-state index in [-0.39, 0.29) is 0 Å². The predicted octanol–water partition coefficient (Wildman–Crippen LogP) is 4.86. The summed E-state index contributed by atoms with van der Waals surface area (Å²) in [6.07, 6.45) is 5.42. The molecule has 2 N–H and O–H groups in total. The van der Waals surface area contributed by atoms with Crippen LogP contribution in [0.1, 0.15) is 23.1 Å². The number of anilines is 2. The Morgan fingerprint density at radius 1 is 0.914 bits per heavy atom. The third-order valence-electron chi connectivity index (χ3n) is 5.59. The zero-order chi connectivity index (χ0) is 23.9. The number of aromatic nitrogens is 4. The largest absolute Gasteiger partial charge is 0.362 e. The summed E-state index contributed by atoms with van der Waals surface area (Å²) in [5.41, 5.74) is 3.95. The van der Waals surface area contributed by atoms with Gasteiger partial charge in [0.1, 0.15) is 10.8 Å². The Labute approximate surface area is 214 Å². The third-order valence-corrected chi connectivity index (χ3v) is 6.65. The van der Waals surface area contributed by atoms with Crippen LogP contribution in [-0.4, -0.2) is 31.6 Å². The lowest BCUT2D eigenvalue weighted by atomic mass is 10.1. The first kappa shape index (κ1) is 23.2. The summed E-state index contributed by atoms with van der Waals surface area (Å²) in [6.45, 7) is 2.38. The number of benzene rings is 2. The Morgan fingerprint density at radius 3 is 2.37 bits per heavy atom. The number of hydrogen-bond acceptors (Lipinski definition) is 7. The first-order chi connectivity index (χ1) is 17.2. The Hall–Kier alpha value is -3.56. The van der Waals surface area contributed by atoms with Gasteiger partial charge >= 0.3 is 0 Å². The van der Waals surface area contributed by atoms with Crippen molar-refractivity contribution in [2.75, 3.05) is 16.8 Å². The van der Waals surface area contributed by atoms with Crippen molar-refractivity contribution in [1.29, 1.82) is 0 Å². The van der Waals surface area contributed by atoms with E-state index < -0.39 is 0 Å². The molecule has 3 heterocycles. The van der Waals surface area contributed by atoms with Gasteiger partial charge in [-0.1, -0.05) is 54.6 Å². The van der Waals surface area contributed by atoms with Crippen LogP contribution >= 0.6 is 24.0 Å². The number of hydrogen-bond donors (Lipinski definition) is 2. The molecule has 0 spiro atoms. The van der Waals surface area contributed by atoms with E-state index in [0.717, 1.165) is 43.3 Å². The van der Waals surface area contributed by atoms with E-state index in [1.165, 1.54) is 28.5 Å². The molecule has 9 heteroatoms. The van der Waals surface area contributed by atoms with Crippen LogP contribution in [0.3, 0.4) is 0 Å². The molecule has 5 rings (SSSR count). The van der Waals surface area contributed by atoms with Crippen molar-refractivity contribution in [2.45, 2.75) is 36.1 Å². The summed E-state index contributed by atoms with van der Waals surface area (Å²) in [7, 11) is 0. The maximum absolute atomic E-state index is 5.53. The molecule has 0 radical (unpaired) electrons. The summed E-state index contributed by atoms with van der Waals surface area (Å²) in [5.74, 6) is 1.29. The first-order valence-corrected chi connectivity index (χ1v) is 12.7. The zero-order valence-electron chi connectivity index (χ0n) is 19.1. The minimum Gasteiger partial charge on any atom is -0.362 e. The predicted molar refractivity (Wildman–Crippen MR) is 144 cm³/mol. The van der Waals surface area contributed by atoms with Crippen LogP contribution in [0.2, 0.25) is 0 Å². The highest BCUT2D eigenvalue weighted by atomic mass is 32.2. The maximum atomic E-state index is 5.53. The van der Waals surface area contributed by atoms with E-state index in [2.05, 4.69) is 79.0 Å². The molecule has 7 nitrogen and oxygen atoms in total. The second-order valence-corrected chi connectivity index (χ2v) is 9.51. The lowest BCUT2D eigenvalue weighted by Crippen LogP contribution is -2.30. The molecule has 0 fully saturated rings. The van der Waals surface area contributed by atoms with Crippen LogP contribution in [0.25, 0.3) is 0 Å². The fraction of sp³-hybridized carbons (Fsp3) is 0.192. The van der Waals surface area contributed by atoms with Gasteiger partial charge in [-0.2, -0.15) is 4.98 Å². The van der Waals surface area contributed by atoms with Crippen molar-refractivity contribution in [3.8, 4) is 0 Å². The number of aryl methyl sites for hydroxylation is 1. The number of nitrogens with zero attached hydrogens (tertiary/aromatic N) is 5. The van der Waals surface area contributed by atoms with E-state index in [1.807, 2.05) is 12.1 Å². The molecule has 176 valence electrons. The van der Waals surface area contributed by atoms with Crippen molar-refractivity contribution >= 4 is 40.9 Å². The highest BCUT2D eigenvalue weighted by Crippen LogP contribution is 2.31. The van der Waals surface area contributed by atoms with Crippen molar-refractivity contribution < 1.29 is 0 Å². The maximum Gasteiger partial charge on any atom is 0.232 e. The third kappa shape index (κ3) is 6.32. The van der Waals surface area contributed by atoms with Crippen molar-refractivity contribution in [3.05, 3.63) is 95.8 Å². The van der Waals surface area contributed by atoms with Crippen molar-refractivity contribution in [2.24, 2.45) is 0 Å². The summed E-state index contributed by atoms with van der Waals surface area (Å²) in [6, 6.07) is 22.7. The highest BCUT2D eigenvalue weighted by molar-refractivity contribution is 7.99. The lowest BCUT2D eigenvalue weighted by Gasteiger charge is -2.18. The van der Waals surface area contributed by atoms with E-state index in [9.17, 15) is 0 Å². The normalized spacial score (nSPS) is 12.3. The monoisotopic (exact) mass is 499 g/mol. The molecule has 1 aliphatic heterocycles. The van der Waals surface area contributed by atoms with Gasteiger partial charge in [-0.15, -0.1) is 0 Å². The molecule has 2 aromatic heterocycles. The smallest absolute Gasteiger partial charge is 0.232 e. The van der Waals surface area contributed by atoms with E-state index in [4.69, 9.17) is 17.2 Å². The summed E-state index contributed by atoms with van der Waals surface area (Å²) in [5, 5.41) is 8.33. The second kappa shape index (κ2) is 11.2. The first-order valence-electron chi connectivity index (χ1n) is 11.5. The van der Waals surface area contributed by atoms with E-state index in [1.54, 1.807) is 18.5 Å². The van der Waals surface area contributed by atoms with Crippen LogP contribution in [-0.2, 0) is 19.5 Å². The minimum absolute atomic E-state index is 0.456. The summed E-state index contributed by atoms with van der Waals surface area (Å²) >= 11 is 6.93. The standard InChI is InChI=1S/C26H25N7S2/c34-25(27-13-6-10-19-8-2-1-3-9-19)32-24-30-22(33-17-20-11-4-5-12-21(20)18-33)16-23(31-24)35-26-28-14-7-15-29-26/h1-5,7-9,11-12,14-16H,6,10,13,17-18H2,(H2,27,30,31,32,34). The van der Waals surface area contributed by atoms with Crippen LogP contribution in [0.5, 0.6) is 0 Å². The zero-order valence-corrected chi connectivity index (χ0v) is 20.7. The highest BCUT2D eigenvalue weighted by Gasteiger charge is 2.21. The van der Waals surface area contributed by atoms with Crippen LogP contribution in [0, 0.1) is 0 Å². The second-order valence-electron chi connectivity index (χ2n) is 8.12. The average Bonchev–Trinajstić information content (AvgIpc) is 3.32. The Bertz CT molecular complexity index is 1260. The van der Waals surface area contributed by atoms with Crippen LogP contribution in [0.15, 0.2) is 89.3 Å². The molecule has 0 bridgehead atoms. The average molecular weight is 500 g/mol. The molecule has 0 aliphatic carbocycles. The Kier molecular flexibility index (Phi) is 7.45. The fourth-order valence-electron chi connectivity index (χ4n) is 3.89. The van der Waals surface area contributed by atoms with Crippen LogP contribution < -0.4 is 15.5 Å². The summed E-state index contributed by atoms with van der Waals surface area (Å²) in [4.78, 5) is 20.3. The van der Waals surface area contributed by atoms with Gasteiger partial charge in [-0.3, -0.25) is 0 Å². The molecule has 35 heavy (non-hydrogen) atoms. The molecule has 0 unspecified atom stereocenters. The van der Waals surface area contributed by atoms with Crippen molar-refractivity contribution in [3.63, 3.8) is 0 Å². The van der Waals surface area contributed by atoms with Gasteiger partial charge in [0.05, 0.1) is 0 Å². The minimum atomic E-state index is 0.456. The molecule has 0 saturated heterocycles.